The van der Waals surface area contributed by atoms with Gasteiger partial charge in [0.15, 0.2) is 0 Å². The van der Waals surface area contributed by atoms with Gasteiger partial charge >= 0.3 is 0 Å². The van der Waals surface area contributed by atoms with Crippen LogP contribution in [-0.4, -0.2) is 27.3 Å². The van der Waals surface area contributed by atoms with Gasteiger partial charge in [-0.15, -0.1) is 0 Å². The number of rotatable bonds is 8. The van der Waals surface area contributed by atoms with E-state index in [0.29, 0.717) is 12.1 Å². The lowest BCUT2D eigenvalue weighted by atomic mass is 10.2. The van der Waals surface area contributed by atoms with Crippen LogP contribution in [0.2, 0.25) is 0 Å². The van der Waals surface area contributed by atoms with Gasteiger partial charge in [-0.05, 0) is 44.5 Å². The molecule has 2 N–H and O–H groups in total. The highest BCUT2D eigenvalue weighted by molar-refractivity contribution is 7.92. The summed E-state index contributed by atoms with van der Waals surface area (Å²) in [6, 6.07) is 7.40. The molecule has 0 unspecified atom stereocenters. The number of unbranched alkanes of at least 4 members (excludes halogenated alkanes) is 1. The first-order chi connectivity index (χ1) is 8.55. The first-order valence-electron chi connectivity index (χ1n) is 6.32. The van der Waals surface area contributed by atoms with E-state index in [0.717, 1.165) is 25.1 Å². The number of benzene rings is 1. The van der Waals surface area contributed by atoms with Gasteiger partial charge in [0, 0.05) is 0 Å². The summed E-state index contributed by atoms with van der Waals surface area (Å²) >= 11 is 0. The number of hydrogen-bond donors (Lipinski definition) is 2. The van der Waals surface area contributed by atoms with Crippen molar-refractivity contribution in [1.82, 2.24) is 5.32 Å². The molecular formula is C13H22N2O2S. The molecule has 5 heteroatoms. The quantitative estimate of drug-likeness (QED) is 0.711. The second kappa shape index (κ2) is 7.38. The van der Waals surface area contributed by atoms with Gasteiger partial charge in [-0.25, -0.2) is 8.42 Å². The van der Waals surface area contributed by atoms with Crippen molar-refractivity contribution in [2.75, 3.05) is 23.6 Å². The lowest BCUT2D eigenvalue weighted by Crippen LogP contribution is -2.19. The van der Waals surface area contributed by atoms with Crippen LogP contribution in [-0.2, 0) is 10.0 Å². The molecule has 1 rings (SSSR count). The molecule has 1 aromatic carbocycles. The third-order valence-corrected chi connectivity index (χ3v) is 4.03. The van der Waals surface area contributed by atoms with Gasteiger partial charge < -0.3 is 5.32 Å². The molecule has 0 saturated carbocycles. The van der Waals surface area contributed by atoms with Crippen LogP contribution in [0.4, 0.5) is 5.69 Å². The van der Waals surface area contributed by atoms with Crippen LogP contribution >= 0.6 is 0 Å². The average molecular weight is 270 g/mol. The molecule has 0 fully saturated rings. The van der Waals surface area contributed by atoms with E-state index < -0.39 is 10.0 Å². The lowest BCUT2D eigenvalue weighted by molar-refractivity contribution is 0.593. The highest BCUT2D eigenvalue weighted by atomic mass is 32.2. The number of sulfonamides is 1. The standard InChI is InChI=1S/C13H22N2O2S/c1-3-14-10-6-7-11-18(16,17)15-13-9-5-4-8-12(13)2/h4-5,8-9,14-15H,3,6-7,10-11H2,1-2H3. The van der Waals surface area contributed by atoms with Crippen molar-refractivity contribution in [2.45, 2.75) is 26.7 Å². The van der Waals surface area contributed by atoms with Crippen molar-refractivity contribution in [3.05, 3.63) is 29.8 Å². The molecule has 0 saturated heterocycles. The maximum atomic E-state index is 11.9. The van der Waals surface area contributed by atoms with Crippen LogP contribution in [0.3, 0.4) is 0 Å². The lowest BCUT2D eigenvalue weighted by Gasteiger charge is -2.10. The third-order valence-electron chi connectivity index (χ3n) is 2.68. The van der Waals surface area contributed by atoms with E-state index in [9.17, 15) is 8.42 Å². The Bertz CT molecular complexity index is 458. The summed E-state index contributed by atoms with van der Waals surface area (Å²) in [7, 11) is -3.22. The van der Waals surface area contributed by atoms with Gasteiger partial charge in [0.05, 0.1) is 11.4 Å². The third kappa shape index (κ3) is 5.51. The Hall–Kier alpha value is -1.07. The van der Waals surface area contributed by atoms with Gasteiger partial charge in [0.25, 0.3) is 0 Å². The second-order valence-electron chi connectivity index (χ2n) is 4.30. The van der Waals surface area contributed by atoms with Crippen LogP contribution in [0.5, 0.6) is 0 Å². The van der Waals surface area contributed by atoms with E-state index in [2.05, 4.69) is 10.0 Å². The molecule has 0 bridgehead atoms. The van der Waals surface area contributed by atoms with Crippen LogP contribution < -0.4 is 10.0 Å². The van der Waals surface area contributed by atoms with Gasteiger partial charge in [0.2, 0.25) is 10.0 Å². The Morgan fingerprint density at radius 1 is 1.17 bits per heavy atom. The van der Waals surface area contributed by atoms with E-state index >= 15 is 0 Å². The topological polar surface area (TPSA) is 58.2 Å². The molecule has 1 aromatic rings. The zero-order chi connectivity index (χ0) is 13.4. The monoisotopic (exact) mass is 270 g/mol. The summed E-state index contributed by atoms with van der Waals surface area (Å²) in [6.07, 6.45) is 1.55. The molecule has 0 atom stereocenters. The minimum absolute atomic E-state index is 0.173. The summed E-state index contributed by atoms with van der Waals surface area (Å²) in [4.78, 5) is 0. The fraction of sp³-hybridized carbons (Fsp3) is 0.538. The smallest absolute Gasteiger partial charge is 0.232 e. The van der Waals surface area contributed by atoms with E-state index in [1.54, 1.807) is 6.07 Å². The molecule has 0 aliphatic rings. The van der Waals surface area contributed by atoms with E-state index in [-0.39, 0.29) is 5.75 Å². The first-order valence-corrected chi connectivity index (χ1v) is 7.97. The molecule has 0 spiro atoms. The minimum Gasteiger partial charge on any atom is -0.317 e. The number of hydrogen-bond acceptors (Lipinski definition) is 3. The predicted octanol–water partition coefficient (Wildman–Crippen LogP) is 2.13. The Morgan fingerprint density at radius 3 is 2.56 bits per heavy atom. The summed E-state index contributed by atoms with van der Waals surface area (Å²) in [5.41, 5.74) is 1.61. The van der Waals surface area contributed by atoms with Crippen molar-refractivity contribution < 1.29 is 8.42 Å². The predicted molar refractivity (Wildman–Crippen MR) is 76.4 cm³/mol. The van der Waals surface area contributed by atoms with Crippen molar-refractivity contribution in [3.63, 3.8) is 0 Å². The van der Waals surface area contributed by atoms with E-state index in [1.165, 1.54) is 0 Å². The maximum absolute atomic E-state index is 11.9. The van der Waals surface area contributed by atoms with Gasteiger partial charge in [0.1, 0.15) is 0 Å². The molecule has 0 aliphatic heterocycles. The summed E-state index contributed by atoms with van der Waals surface area (Å²) in [5, 5.41) is 3.18. The second-order valence-corrected chi connectivity index (χ2v) is 6.14. The molecular weight excluding hydrogens is 248 g/mol. The summed E-state index contributed by atoms with van der Waals surface area (Å²) < 4.78 is 26.3. The van der Waals surface area contributed by atoms with Crippen molar-refractivity contribution in [1.29, 1.82) is 0 Å². The van der Waals surface area contributed by atoms with E-state index in [1.807, 2.05) is 32.0 Å². The Morgan fingerprint density at radius 2 is 1.89 bits per heavy atom. The molecule has 0 amide bonds. The van der Waals surface area contributed by atoms with Crippen LogP contribution in [0, 0.1) is 6.92 Å². The summed E-state index contributed by atoms with van der Waals surface area (Å²) in [6.45, 7) is 5.73. The van der Waals surface area contributed by atoms with Crippen molar-refractivity contribution in [2.24, 2.45) is 0 Å². The largest absolute Gasteiger partial charge is 0.317 e. The molecule has 0 heterocycles. The zero-order valence-corrected chi connectivity index (χ0v) is 11.9. The van der Waals surface area contributed by atoms with Crippen molar-refractivity contribution >= 4 is 15.7 Å². The Balaban J connectivity index is 2.43. The van der Waals surface area contributed by atoms with Crippen molar-refractivity contribution in [3.8, 4) is 0 Å². The molecule has 4 nitrogen and oxygen atoms in total. The van der Waals surface area contributed by atoms with Crippen LogP contribution in [0.25, 0.3) is 0 Å². The van der Waals surface area contributed by atoms with Gasteiger partial charge in [-0.1, -0.05) is 25.1 Å². The average Bonchev–Trinajstić information content (AvgIpc) is 2.31. The molecule has 0 aliphatic carbocycles. The molecule has 102 valence electrons. The zero-order valence-electron chi connectivity index (χ0n) is 11.1. The number of aryl methyl sites for hydroxylation is 1. The first kappa shape index (κ1) is 15.0. The fourth-order valence-electron chi connectivity index (χ4n) is 1.62. The number of nitrogens with one attached hydrogen (secondary N) is 2. The fourth-order valence-corrected chi connectivity index (χ4v) is 2.88. The summed E-state index contributed by atoms with van der Waals surface area (Å²) in [5.74, 6) is 0.173. The minimum atomic E-state index is -3.22. The normalized spacial score (nSPS) is 11.4. The van der Waals surface area contributed by atoms with Crippen LogP contribution in [0.1, 0.15) is 25.3 Å². The SMILES string of the molecule is CCNCCCCS(=O)(=O)Nc1ccccc1C. The Labute approximate surface area is 110 Å². The van der Waals surface area contributed by atoms with Gasteiger partial charge in [-0.3, -0.25) is 4.72 Å². The van der Waals surface area contributed by atoms with E-state index in [4.69, 9.17) is 0 Å². The maximum Gasteiger partial charge on any atom is 0.232 e. The highest BCUT2D eigenvalue weighted by Crippen LogP contribution is 2.15. The van der Waals surface area contributed by atoms with Crippen LogP contribution in [0.15, 0.2) is 24.3 Å². The van der Waals surface area contributed by atoms with Gasteiger partial charge in [-0.2, -0.15) is 0 Å². The molecule has 18 heavy (non-hydrogen) atoms. The Kier molecular flexibility index (Phi) is 6.15. The number of para-hydroxylation sites is 1. The number of anilines is 1. The highest BCUT2D eigenvalue weighted by Gasteiger charge is 2.10. The molecule has 0 radical (unpaired) electrons. The molecule has 0 aromatic heterocycles.